The third kappa shape index (κ3) is 3.11. The first kappa shape index (κ1) is 23.6. The van der Waals surface area contributed by atoms with E-state index < -0.39 is 0 Å². The maximum absolute atomic E-state index is 14.1. The van der Waals surface area contributed by atoms with Gasteiger partial charge >= 0.3 is 5.97 Å². The summed E-state index contributed by atoms with van der Waals surface area (Å²) in [5.41, 5.74) is 1.31. The van der Waals surface area contributed by atoms with Crippen LogP contribution < -0.4 is 0 Å². The lowest BCUT2D eigenvalue weighted by Gasteiger charge is -2.67. The summed E-state index contributed by atoms with van der Waals surface area (Å²) < 4.78 is 5.12. The van der Waals surface area contributed by atoms with Gasteiger partial charge in [-0.1, -0.05) is 40.2 Å². The summed E-state index contributed by atoms with van der Waals surface area (Å²) in [5.74, 6) is 1.36. The summed E-state index contributed by atoms with van der Waals surface area (Å²) in [4.78, 5) is 26.5. The fourth-order valence-corrected chi connectivity index (χ4v) is 10.1. The molecule has 184 valence electrons. The molecule has 0 heterocycles. The van der Waals surface area contributed by atoms with Gasteiger partial charge in [0.15, 0.2) is 5.78 Å². The van der Waals surface area contributed by atoms with E-state index in [9.17, 15) is 14.7 Å². The molecule has 0 amide bonds. The molecule has 5 aliphatic rings. The Hall–Kier alpha value is -1.16. The number of hydrogen-bond donors (Lipinski definition) is 1. The Balaban J connectivity index is 1.54. The molecule has 1 N–H and O–H groups in total. The van der Waals surface area contributed by atoms with Gasteiger partial charge < -0.3 is 9.84 Å². The van der Waals surface area contributed by atoms with Gasteiger partial charge in [0.1, 0.15) is 0 Å². The number of methoxy groups -OCH3 is 1. The average Bonchev–Trinajstić information content (AvgIpc) is 2.75. The Kier molecular flexibility index (Phi) is 5.30. The maximum atomic E-state index is 14.1. The lowest BCUT2D eigenvalue weighted by molar-refractivity contribution is -0.188. The highest BCUT2D eigenvalue weighted by molar-refractivity contribution is 5.95. The minimum atomic E-state index is -0.280. The fourth-order valence-electron chi connectivity index (χ4n) is 10.1. The molecule has 0 aromatic rings. The molecule has 9 atom stereocenters. The lowest BCUT2D eigenvalue weighted by atomic mass is 9.37. The number of carbonyl (C=O) groups excluding carboxylic acids is 2. The summed E-state index contributed by atoms with van der Waals surface area (Å²) in [6.45, 7) is 11.6. The van der Waals surface area contributed by atoms with Gasteiger partial charge in [0.25, 0.3) is 0 Å². The van der Waals surface area contributed by atoms with E-state index in [4.69, 9.17) is 4.74 Å². The number of ketones is 1. The zero-order valence-corrected chi connectivity index (χ0v) is 21.6. The molecule has 4 fully saturated rings. The van der Waals surface area contributed by atoms with Crippen LogP contribution in [0.3, 0.4) is 0 Å². The van der Waals surface area contributed by atoms with Gasteiger partial charge in [-0.2, -0.15) is 0 Å². The number of ether oxygens (including phenoxy) is 1. The molecule has 5 aliphatic carbocycles. The molecule has 4 nitrogen and oxygen atoms in total. The van der Waals surface area contributed by atoms with Gasteiger partial charge in [-0.15, -0.1) is 0 Å². The van der Waals surface area contributed by atoms with Gasteiger partial charge in [0.2, 0.25) is 0 Å². The van der Waals surface area contributed by atoms with Gasteiger partial charge in [0.05, 0.1) is 19.1 Å². The Morgan fingerprint density at radius 1 is 0.939 bits per heavy atom. The van der Waals surface area contributed by atoms with Crippen molar-refractivity contribution in [3.63, 3.8) is 0 Å². The number of hydrogen-bond acceptors (Lipinski definition) is 4. The minimum Gasteiger partial charge on any atom is -0.469 e. The second kappa shape index (κ2) is 7.42. The summed E-state index contributed by atoms with van der Waals surface area (Å²) in [6.07, 6.45) is 10.8. The van der Waals surface area contributed by atoms with Crippen molar-refractivity contribution < 1.29 is 19.4 Å². The van der Waals surface area contributed by atoms with Crippen LogP contribution in [0.25, 0.3) is 0 Å². The quantitative estimate of drug-likeness (QED) is 0.513. The predicted octanol–water partition coefficient (Wildman–Crippen LogP) is 5.72. The van der Waals surface area contributed by atoms with Gasteiger partial charge in [-0.25, -0.2) is 0 Å². The number of fused-ring (bicyclic) bond motifs is 7. The van der Waals surface area contributed by atoms with Crippen LogP contribution in [-0.2, 0) is 14.3 Å². The fraction of sp³-hybridized carbons (Fsp3) is 0.862. The van der Waals surface area contributed by atoms with Crippen LogP contribution in [0.1, 0.15) is 92.4 Å². The molecule has 0 aromatic heterocycles. The van der Waals surface area contributed by atoms with Crippen molar-refractivity contribution in [1.29, 1.82) is 0 Å². The van der Waals surface area contributed by atoms with Crippen molar-refractivity contribution in [1.82, 2.24) is 0 Å². The van der Waals surface area contributed by atoms with Crippen molar-refractivity contribution >= 4 is 11.8 Å². The van der Waals surface area contributed by atoms with E-state index in [1.807, 2.05) is 0 Å². The molecule has 9 unspecified atom stereocenters. The first-order chi connectivity index (χ1) is 15.4. The average molecular weight is 457 g/mol. The van der Waals surface area contributed by atoms with Gasteiger partial charge in [-0.05, 0) is 103 Å². The van der Waals surface area contributed by atoms with E-state index in [1.54, 1.807) is 0 Å². The van der Waals surface area contributed by atoms with E-state index >= 15 is 0 Å². The topological polar surface area (TPSA) is 63.6 Å². The number of allylic oxidation sites excluding steroid dienone is 2. The summed E-state index contributed by atoms with van der Waals surface area (Å²) in [5, 5.41) is 10.8. The van der Waals surface area contributed by atoms with Gasteiger partial charge in [0, 0.05) is 5.92 Å². The Bertz CT molecular complexity index is 888. The zero-order chi connectivity index (χ0) is 24.0. The Morgan fingerprint density at radius 2 is 1.61 bits per heavy atom. The molecule has 0 radical (unpaired) electrons. The molecule has 0 aromatic carbocycles. The van der Waals surface area contributed by atoms with E-state index in [0.29, 0.717) is 23.5 Å². The predicted molar refractivity (Wildman–Crippen MR) is 128 cm³/mol. The second-order valence-electron chi connectivity index (χ2n) is 13.8. The number of esters is 1. The van der Waals surface area contributed by atoms with Crippen LogP contribution in [0.15, 0.2) is 11.6 Å². The monoisotopic (exact) mass is 456 g/mol. The minimum absolute atomic E-state index is 0.0235. The maximum Gasteiger partial charge on any atom is 0.308 e. The zero-order valence-electron chi connectivity index (χ0n) is 21.6. The lowest BCUT2D eigenvalue weighted by Crippen LogP contribution is -2.63. The van der Waals surface area contributed by atoms with Crippen LogP contribution in [0.4, 0.5) is 0 Å². The highest BCUT2D eigenvalue weighted by atomic mass is 16.5. The van der Waals surface area contributed by atoms with Crippen molar-refractivity contribution in [3.8, 4) is 0 Å². The van der Waals surface area contributed by atoms with E-state index in [1.165, 1.54) is 19.1 Å². The normalized spacial score (nSPS) is 50.8. The molecule has 0 bridgehead atoms. The summed E-state index contributed by atoms with van der Waals surface area (Å²) in [6, 6.07) is 0. The van der Waals surface area contributed by atoms with Crippen molar-refractivity contribution in [2.75, 3.05) is 7.11 Å². The standard InChI is InChI=1S/C29H44O4/c1-26(2)22-9-13-28(4)19-8-12-27(3)11-7-17(25(32)33-6)15-20(27)18(19)16-21(30)24(28)29(22,5)14-10-23(26)31/h16-17,19-20,22-24,31H,7-15H2,1-6H3. The van der Waals surface area contributed by atoms with Crippen LogP contribution in [0, 0.1) is 51.2 Å². The molecule has 0 spiro atoms. The van der Waals surface area contributed by atoms with Crippen molar-refractivity contribution in [2.24, 2.45) is 51.2 Å². The number of aliphatic hydroxyl groups excluding tert-OH is 1. The van der Waals surface area contributed by atoms with Crippen molar-refractivity contribution in [3.05, 3.63) is 11.6 Å². The first-order valence-corrected chi connectivity index (χ1v) is 13.4. The third-order valence-electron chi connectivity index (χ3n) is 12.0. The SMILES string of the molecule is COC(=O)C1CCC2(C)CCC3C(=CC(=O)C4C3(C)CCC3C(C)(C)C(O)CCC34C)C2C1. The smallest absolute Gasteiger partial charge is 0.308 e. The molecule has 0 aliphatic heterocycles. The van der Waals surface area contributed by atoms with Crippen LogP contribution in [0.5, 0.6) is 0 Å². The van der Waals surface area contributed by atoms with E-state index in [0.717, 1.165) is 51.4 Å². The first-order valence-electron chi connectivity index (χ1n) is 13.4. The third-order valence-corrected chi connectivity index (χ3v) is 12.0. The number of carbonyl (C=O) groups is 2. The van der Waals surface area contributed by atoms with E-state index in [2.05, 4.69) is 40.7 Å². The van der Waals surface area contributed by atoms with E-state index in [-0.39, 0.29) is 45.6 Å². The summed E-state index contributed by atoms with van der Waals surface area (Å²) in [7, 11) is 1.50. The highest BCUT2D eigenvalue weighted by Gasteiger charge is 2.66. The van der Waals surface area contributed by atoms with Crippen LogP contribution in [-0.4, -0.2) is 30.1 Å². The van der Waals surface area contributed by atoms with Crippen LogP contribution in [0.2, 0.25) is 0 Å². The second-order valence-corrected chi connectivity index (χ2v) is 13.8. The Morgan fingerprint density at radius 3 is 2.30 bits per heavy atom. The summed E-state index contributed by atoms with van der Waals surface area (Å²) >= 11 is 0. The molecule has 4 heteroatoms. The van der Waals surface area contributed by atoms with Crippen LogP contribution >= 0.6 is 0 Å². The van der Waals surface area contributed by atoms with Crippen molar-refractivity contribution in [2.45, 2.75) is 98.5 Å². The highest BCUT2D eigenvalue weighted by Crippen LogP contribution is 2.70. The Labute approximate surface area is 199 Å². The largest absolute Gasteiger partial charge is 0.469 e. The molecule has 33 heavy (non-hydrogen) atoms. The number of rotatable bonds is 1. The molecule has 0 saturated heterocycles. The molecular weight excluding hydrogens is 412 g/mol. The van der Waals surface area contributed by atoms with Gasteiger partial charge in [-0.3, -0.25) is 9.59 Å². The molecule has 5 rings (SSSR count). The number of aliphatic hydroxyl groups is 1. The molecule has 4 saturated carbocycles. The molecular formula is C29H44O4.